The number of ether oxygens (including phenoxy) is 1. The molecular formula is C13H24N2O2S. The lowest BCUT2D eigenvalue weighted by Crippen LogP contribution is -2.57. The molecule has 1 N–H and O–H groups in total. The molecule has 2 aliphatic heterocycles. The zero-order valence-corrected chi connectivity index (χ0v) is 12.2. The van der Waals surface area contributed by atoms with Crippen LogP contribution in [0.2, 0.25) is 0 Å². The average molecular weight is 272 g/mol. The third-order valence-electron chi connectivity index (χ3n) is 3.83. The van der Waals surface area contributed by atoms with Gasteiger partial charge in [0.15, 0.2) is 0 Å². The fourth-order valence-corrected chi connectivity index (χ4v) is 4.28. The van der Waals surface area contributed by atoms with Gasteiger partial charge in [0.1, 0.15) is 5.54 Å². The lowest BCUT2D eigenvalue weighted by atomic mass is 9.93. The number of carbonyl (C=O) groups is 1. The Morgan fingerprint density at radius 1 is 1.50 bits per heavy atom. The fraction of sp³-hybridized carbons (Fsp3) is 0.923. The molecule has 104 valence electrons. The summed E-state index contributed by atoms with van der Waals surface area (Å²) in [5, 5.41) is 3.95. The van der Waals surface area contributed by atoms with E-state index in [-0.39, 0.29) is 11.5 Å². The molecule has 2 heterocycles. The van der Waals surface area contributed by atoms with Crippen molar-refractivity contribution in [3.05, 3.63) is 0 Å². The first-order chi connectivity index (χ1) is 8.69. The van der Waals surface area contributed by atoms with E-state index in [0.29, 0.717) is 11.9 Å². The molecule has 0 saturated carbocycles. The van der Waals surface area contributed by atoms with Crippen molar-refractivity contribution in [2.75, 3.05) is 38.5 Å². The van der Waals surface area contributed by atoms with E-state index in [0.717, 1.165) is 44.8 Å². The SMILES string of the molecule is CCOC(=O)C1(N2CCCNCC2)CSC(C)C1. The van der Waals surface area contributed by atoms with E-state index in [1.165, 1.54) is 0 Å². The highest BCUT2D eigenvalue weighted by Crippen LogP contribution is 2.39. The van der Waals surface area contributed by atoms with Crippen molar-refractivity contribution in [1.29, 1.82) is 0 Å². The summed E-state index contributed by atoms with van der Waals surface area (Å²) in [4.78, 5) is 14.8. The minimum Gasteiger partial charge on any atom is -0.465 e. The van der Waals surface area contributed by atoms with Gasteiger partial charge in [0.2, 0.25) is 0 Å². The summed E-state index contributed by atoms with van der Waals surface area (Å²) in [6, 6.07) is 0. The largest absolute Gasteiger partial charge is 0.465 e. The monoisotopic (exact) mass is 272 g/mol. The minimum absolute atomic E-state index is 0.0104. The van der Waals surface area contributed by atoms with Gasteiger partial charge in [-0.15, -0.1) is 0 Å². The summed E-state index contributed by atoms with van der Waals surface area (Å²) in [5.74, 6) is 0.872. The van der Waals surface area contributed by atoms with Crippen molar-refractivity contribution >= 4 is 17.7 Å². The number of esters is 1. The molecule has 18 heavy (non-hydrogen) atoms. The second kappa shape index (κ2) is 6.26. The molecule has 2 aliphatic rings. The normalized spacial score (nSPS) is 34.2. The number of hydrogen-bond donors (Lipinski definition) is 1. The van der Waals surface area contributed by atoms with Crippen molar-refractivity contribution in [3.8, 4) is 0 Å². The Morgan fingerprint density at radius 3 is 3.00 bits per heavy atom. The van der Waals surface area contributed by atoms with Crippen LogP contribution in [0.25, 0.3) is 0 Å². The standard InChI is InChI=1S/C13H24N2O2S/c1-3-17-12(16)13(9-11(2)18-10-13)15-7-4-5-14-6-8-15/h11,14H,3-10H2,1-2H3. The van der Waals surface area contributed by atoms with Gasteiger partial charge in [-0.05, 0) is 26.3 Å². The number of nitrogens with zero attached hydrogens (tertiary/aromatic N) is 1. The highest BCUT2D eigenvalue weighted by atomic mass is 32.2. The van der Waals surface area contributed by atoms with Crippen LogP contribution in [0.15, 0.2) is 0 Å². The predicted molar refractivity (Wildman–Crippen MR) is 75.0 cm³/mol. The highest BCUT2D eigenvalue weighted by Gasteiger charge is 2.50. The second-order valence-electron chi connectivity index (χ2n) is 5.17. The number of carbonyl (C=O) groups excluding carboxylic acids is 1. The molecule has 2 saturated heterocycles. The summed E-state index contributed by atoms with van der Waals surface area (Å²) in [5.41, 5.74) is -0.369. The smallest absolute Gasteiger partial charge is 0.327 e. The van der Waals surface area contributed by atoms with E-state index >= 15 is 0 Å². The molecule has 0 aromatic heterocycles. The van der Waals surface area contributed by atoms with Crippen LogP contribution in [0.4, 0.5) is 0 Å². The van der Waals surface area contributed by atoms with Crippen molar-refractivity contribution in [1.82, 2.24) is 10.2 Å². The Morgan fingerprint density at radius 2 is 2.33 bits per heavy atom. The molecule has 4 nitrogen and oxygen atoms in total. The molecule has 0 amide bonds. The van der Waals surface area contributed by atoms with E-state index in [9.17, 15) is 4.79 Å². The molecule has 2 unspecified atom stereocenters. The first-order valence-electron chi connectivity index (χ1n) is 6.93. The van der Waals surface area contributed by atoms with Crippen LogP contribution >= 0.6 is 11.8 Å². The van der Waals surface area contributed by atoms with Crippen molar-refractivity contribution < 1.29 is 9.53 Å². The van der Waals surface area contributed by atoms with Crippen molar-refractivity contribution in [2.45, 2.75) is 37.5 Å². The van der Waals surface area contributed by atoms with Crippen LogP contribution < -0.4 is 5.32 Å². The summed E-state index contributed by atoms with van der Waals surface area (Å²) in [7, 11) is 0. The molecule has 0 aromatic rings. The topological polar surface area (TPSA) is 41.6 Å². The van der Waals surface area contributed by atoms with E-state index in [4.69, 9.17) is 4.74 Å². The second-order valence-corrected chi connectivity index (χ2v) is 6.60. The summed E-state index contributed by atoms with van der Waals surface area (Å²) in [6.45, 7) is 8.55. The van der Waals surface area contributed by atoms with Gasteiger partial charge in [0.25, 0.3) is 0 Å². The predicted octanol–water partition coefficient (Wildman–Crippen LogP) is 1.11. The highest BCUT2D eigenvalue weighted by molar-refractivity contribution is 8.00. The molecule has 2 fully saturated rings. The summed E-state index contributed by atoms with van der Waals surface area (Å²) >= 11 is 1.90. The third-order valence-corrected chi connectivity index (χ3v) is 5.21. The van der Waals surface area contributed by atoms with Gasteiger partial charge in [0, 0.05) is 30.6 Å². The van der Waals surface area contributed by atoms with E-state index < -0.39 is 0 Å². The van der Waals surface area contributed by atoms with Gasteiger partial charge >= 0.3 is 5.97 Å². The molecule has 2 atom stereocenters. The molecule has 5 heteroatoms. The minimum atomic E-state index is -0.369. The maximum Gasteiger partial charge on any atom is 0.327 e. The van der Waals surface area contributed by atoms with Crippen molar-refractivity contribution in [3.63, 3.8) is 0 Å². The maximum absolute atomic E-state index is 12.4. The average Bonchev–Trinajstić information content (AvgIpc) is 2.59. The van der Waals surface area contributed by atoms with Crippen LogP contribution in [0.5, 0.6) is 0 Å². The Balaban J connectivity index is 2.15. The first-order valence-corrected chi connectivity index (χ1v) is 7.98. The van der Waals surface area contributed by atoms with Gasteiger partial charge in [-0.25, -0.2) is 0 Å². The summed E-state index contributed by atoms with van der Waals surface area (Å²) < 4.78 is 5.36. The summed E-state index contributed by atoms with van der Waals surface area (Å²) in [6.07, 6.45) is 2.04. The molecule has 2 rings (SSSR count). The van der Waals surface area contributed by atoms with Crippen LogP contribution in [-0.4, -0.2) is 60.2 Å². The molecule has 0 radical (unpaired) electrons. The van der Waals surface area contributed by atoms with Crippen molar-refractivity contribution in [2.24, 2.45) is 0 Å². The Kier molecular flexibility index (Phi) is 4.92. The van der Waals surface area contributed by atoms with Gasteiger partial charge in [0.05, 0.1) is 6.61 Å². The van der Waals surface area contributed by atoms with E-state index in [1.54, 1.807) is 0 Å². The first kappa shape index (κ1) is 14.2. The van der Waals surface area contributed by atoms with Crippen LogP contribution in [0, 0.1) is 0 Å². The fourth-order valence-electron chi connectivity index (χ4n) is 2.90. The number of nitrogens with one attached hydrogen (secondary N) is 1. The van der Waals surface area contributed by atoms with Crippen LogP contribution in [0.1, 0.15) is 26.7 Å². The lowest BCUT2D eigenvalue weighted by Gasteiger charge is -2.38. The number of thioether (sulfide) groups is 1. The molecule has 0 aliphatic carbocycles. The quantitative estimate of drug-likeness (QED) is 0.780. The molecule has 0 bridgehead atoms. The number of hydrogen-bond acceptors (Lipinski definition) is 5. The zero-order chi connectivity index (χ0) is 13.0. The van der Waals surface area contributed by atoms with Gasteiger partial charge in [-0.3, -0.25) is 9.69 Å². The Labute approximate surface area is 114 Å². The van der Waals surface area contributed by atoms with E-state index in [1.807, 2.05) is 18.7 Å². The van der Waals surface area contributed by atoms with Gasteiger partial charge in [-0.2, -0.15) is 11.8 Å². The van der Waals surface area contributed by atoms with Crippen LogP contribution in [-0.2, 0) is 9.53 Å². The Bertz CT molecular complexity index is 293. The van der Waals surface area contributed by atoms with Crippen LogP contribution in [0.3, 0.4) is 0 Å². The lowest BCUT2D eigenvalue weighted by molar-refractivity contribution is -0.156. The maximum atomic E-state index is 12.4. The molecular weight excluding hydrogens is 248 g/mol. The molecule has 0 spiro atoms. The zero-order valence-electron chi connectivity index (χ0n) is 11.4. The van der Waals surface area contributed by atoms with Gasteiger partial charge < -0.3 is 10.1 Å². The van der Waals surface area contributed by atoms with Gasteiger partial charge in [-0.1, -0.05) is 6.92 Å². The Hall–Kier alpha value is -0.260. The number of rotatable bonds is 3. The van der Waals surface area contributed by atoms with E-state index in [2.05, 4.69) is 17.1 Å². The third kappa shape index (κ3) is 2.83. The molecule has 0 aromatic carbocycles.